The lowest BCUT2D eigenvalue weighted by atomic mass is 10.2. The van der Waals surface area contributed by atoms with Crippen LogP contribution in [-0.2, 0) is 7.05 Å². The fraction of sp³-hybridized carbons (Fsp3) is 0.0909. The van der Waals surface area contributed by atoms with Crippen LogP contribution < -0.4 is 5.43 Å². The summed E-state index contributed by atoms with van der Waals surface area (Å²) >= 11 is 0. The average molecular weight is 224 g/mol. The summed E-state index contributed by atoms with van der Waals surface area (Å²) in [5.41, 5.74) is 3.85. The fourth-order valence-electron chi connectivity index (χ4n) is 1.45. The zero-order valence-electron chi connectivity index (χ0n) is 9.05. The van der Waals surface area contributed by atoms with E-state index in [1.807, 2.05) is 25.4 Å². The molecule has 0 atom stereocenters. The van der Waals surface area contributed by atoms with Gasteiger partial charge in [0.15, 0.2) is 0 Å². The Morgan fingerprint density at radius 3 is 2.88 bits per heavy atom. The second kappa shape index (κ2) is 4.33. The lowest BCUT2D eigenvalue weighted by Crippen LogP contribution is -1.97. The van der Waals surface area contributed by atoms with Crippen LogP contribution in [0, 0.1) is 22.7 Å². The number of nitrogens with one attached hydrogen (secondary N) is 1. The molecule has 0 amide bonds. The number of rotatable bonds is 2. The van der Waals surface area contributed by atoms with Crippen LogP contribution in [0.25, 0.3) is 10.9 Å². The van der Waals surface area contributed by atoms with E-state index in [2.05, 4.69) is 15.6 Å². The Morgan fingerprint density at radius 2 is 2.18 bits per heavy atom. The van der Waals surface area contributed by atoms with Gasteiger partial charge in [-0.25, -0.2) is 0 Å². The Hall–Kier alpha value is -2.86. The quantitative estimate of drug-likeness (QED) is 0.616. The molecule has 0 saturated heterocycles. The Balaban J connectivity index is 2.41. The van der Waals surface area contributed by atoms with Crippen LogP contribution in [0.5, 0.6) is 0 Å². The van der Waals surface area contributed by atoms with Gasteiger partial charge >= 0.3 is 0 Å². The van der Waals surface area contributed by atoms with Crippen molar-refractivity contribution in [2.45, 2.75) is 0 Å². The highest BCUT2D eigenvalue weighted by atomic mass is 15.3. The van der Waals surface area contributed by atoms with Crippen molar-refractivity contribution in [1.82, 2.24) is 9.78 Å². The predicted molar refractivity (Wildman–Crippen MR) is 63.0 cm³/mol. The lowest BCUT2D eigenvalue weighted by molar-refractivity contribution is 0.780. The number of nitrogens with zero attached hydrogens (tertiary/aromatic N) is 5. The third-order valence-electron chi connectivity index (χ3n) is 2.15. The number of aryl methyl sites for hydroxylation is 1. The fourth-order valence-corrected chi connectivity index (χ4v) is 1.45. The minimum atomic E-state index is -0.224. The Morgan fingerprint density at radius 1 is 1.41 bits per heavy atom. The molecule has 0 saturated carbocycles. The van der Waals surface area contributed by atoms with Crippen LogP contribution in [0.3, 0.4) is 0 Å². The highest BCUT2D eigenvalue weighted by Gasteiger charge is 2.04. The molecule has 1 aromatic heterocycles. The topological polar surface area (TPSA) is 89.8 Å². The molecule has 0 aliphatic heterocycles. The van der Waals surface area contributed by atoms with Gasteiger partial charge in [-0.05, 0) is 6.07 Å². The monoisotopic (exact) mass is 224 g/mol. The van der Waals surface area contributed by atoms with Crippen molar-refractivity contribution in [1.29, 1.82) is 10.5 Å². The molecule has 17 heavy (non-hydrogen) atoms. The summed E-state index contributed by atoms with van der Waals surface area (Å²) in [6.45, 7) is 0. The number of benzene rings is 1. The summed E-state index contributed by atoms with van der Waals surface area (Å²) in [6.07, 6.45) is 1.87. The van der Waals surface area contributed by atoms with Crippen molar-refractivity contribution in [3.05, 3.63) is 24.4 Å². The number of anilines is 1. The minimum Gasteiger partial charge on any atom is -0.275 e. The summed E-state index contributed by atoms with van der Waals surface area (Å²) in [6, 6.07) is 8.91. The number of nitriles is 2. The van der Waals surface area contributed by atoms with Gasteiger partial charge in [0.1, 0.15) is 17.7 Å². The van der Waals surface area contributed by atoms with E-state index in [1.165, 1.54) is 0 Å². The van der Waals surface area contributed by atoms with E-state index in [0.29, 0.717) is 5.69 Å². The van der Waals surface area contributed by atoms with E-state index < -0.39 is 0 Å². The number of hydrazone groups is 1. The SMILES string of the molecule is Cn1cc2cccc(NN=C(C#N)C#N)c2n1. The smallest absolute Gasteiger partial charge is 0.237 e. The first-order valence-electron chi connectivity index (χ1n) is 4.81. The van der Waals surface area contributed by atoms with Crippen LogP contribution in [0.4, 0.5) is 5.69 Å². The largest absolute Gasteiger partial charge is 0.275 e. The maximum Gasteiger partial charge on any atom is 0.237 e. The molecule has 1 N–H and O–H groups in total. The van der Waals surface area contributed by atoms with Gasteiger partial charge in [-0.15, -0.1) is 0 Å². The van der Waals surface area contributed by atoms with Crippen LogP contribution in [0.15, 0.2) is 29.5 Å². The number of aromatic nitrogens is 2. The molecule has 0 aliphatic carbocycles. The van der Waals surface area contributed by atoms with E-state index in [9.17, 15) is 0 Å². The normalized spacial score (nSPS) is 9.35. The van der Waals surface area contributed by atoms with Crippen LogP contribution >= 0.6 is 0 Å². The Bertz CT molecular complexity index is 651. The van der Waals surface area contributed by atoms with Gasteiger partial charge in [0.05, 0.1) is 5.69 Å². The standard InChI is InChI=1S/C11H8N6/c1-17-7-8-3-2-4-10(11(8)16-17)15-14-9(5-12)6-13/h2-4,7,15H,1H3. The molecule has 0 aliphatic rings. The van der Waals surface area contributed by atoms with Gasteiger partial charge in [-0.1, -0.05) is 12.1 Å². The van der Waals surface area contributed by atoms with Crippen LogP contribution in [0.2, 0.25) is 0 Å². The lowest BCUT2D eigenvalue weighted by Gasteiger charge is -1.99. The van der Waals surface area contributed by atoms with E-state index in [1.54, 1.807) is 22.9 Å². The van der Waals surface area contributed by atoms with Crippen molar-refractivity contribution < 1.29 is 0 Å². The molecule has 1 heterocycles. The summed E-state index contributed by atoms with van der Waals surface area (Å²) < 4.78 is 1.69. The van der Waals surface area contributed by atoms with E-state index in [0.717, 1.165) is 10.9 Å². The predicted octanol–water partition coefficient (Wildman–Crippen LogP) is 1.39. The van der Waals surface area contributed by atoms with Gasteiger partial charge in [0, 0.05) is 18.6 Å². The summed E-state index contributed by atoms with van der Waals surface area (Å²) in [4.78, 5) is 0. The third-order valence-corrected chi connectivity index (χ3v) is 2.15. The molecule has 0 fully saturated rings. The molecule has 2 rings (SSSR count). The average Bonchev–Trinajstić information content (AvgIpc) is 2.71. The van der Waals surface area contributed by atoms with Crippen molar-refractivity contribution in [3.8, 4) is 12.1 Å². The first kappa shape index (κ1) is 10.7. The molecule has 2 aromatic rings. The Kier molecular flexibility index (Phi) is 2.71. The molecular formula is C11H8N6. The molecule has 6 nitrogen and oxygen atoms in total. The molecule has 82 valence electrons. The number of hydrogen-bond donors (Lipinski definition) is 1. The molecule has 0 unspecified atom stereocenters. The zero-order chi connectivity index (χ0) is 12.3. The highest BCUT2D eigenvalue weighted by Crippen LogP contribution is 2.21. The van der Waals surface area contributed by atoms with Crippen molar-refractivity contribution in [2.24, 2.45) is 12.1 Å². The van der Waals surface area contributed by atoms with Crippen molar-refractivity contribution in [2.75, 3.05) is 5.43 Å². The Labute approximate surface area is 97.4 Å². The molecular weight excluding hydrogens is 216 g/mol. The van der Waals surface area contributed by atoms with Crippen molar-refractivity contribution >= 4 is 22.3 Å². The van der Waals surface area contributed by atoms with E-state index >= 15 is 0 Å². The van der Waals surface area contributed by atoms with Gasteiger partial charge in [0.25, 0.3) is 0 Å². The second-order valence-corrected chi connectivity index (χ2v) is 3.34. The maximum absolute atomic E-state index is 8.56. The number of hydrogen-bond acceptors (Lipinski definition) is 5. The first-order valence-corrected chi connectivity index (χ1v) is 4.81. The third kappa shape index (κ3) is 2.06. The molecule has 1 aromatic carbocycles. The second-order valence-electron chi connectivity index (χ2n) is 3.34. The molecule has 0 bridgehead atoms. The van der Waals surface area contributed by atoms with Crippen LogP contribution in [-0.4, -0.2) is 15.5 Å². The van der Waals surface area contributed by atoms with E-state index in [4.69, 9.17) is 10.5 Å². The zero-order valence-corrected chi connectivity index (χ0v) is 9.05. The van der Waals surface area contributed by atoms with Crippen LogP contribution in [0.1, 0.15) is 0 Å². The van der Waals surface area contributed by atoms with Gasteiger partial charge in [-0.3, -0.25) is 10.1 Å². The summed E-state index contributed by atoms with van der Waals surface area (Å²) in [5, 5.41) is 26.0. The van der Waals surface area contributed by atoms with Gasteiger partial charge < -0.3 is 0 Å². The number of fused-ring (bicyclic) bond motifs is 1. The minimum absolute atomic E-state index is 0.224. The molecule has 6 heteroatoms. The maximum atomic E-state index is 8.56. The molecule has 0 radical (unpaired) electrons. The first-order chi connectivity index (χ1) is 8.24. The van der Waals surface area contributed by atoms with Crippen molar-refractivity contribution in [3.63, 3.8) is 0 Å². The van der Waals surface area contributed by atoms with Gasteiger partial charge in [0.2, 0.25) is 5.71 Å². The summed E-state index contributed by atoms with van der Waals surface area (Å²) in [5.74, 6) is 0. The molecule has 0 spiro atoms. The van der Waals surface area contributed by atoms with E-state index in [-0.39, 0.29) is 5.71 Å². The van der Waals surface area contributed by atoms with Gasteiger partial charge in [-0.2, -0.15) is 20.7 Å². The highest BCUT2D eigenvalue weighted by molar-refractivity contribution is 6.10. The summed E-state index contributed by atoms with van der Waals surface area (Å²) in [7, 11) is 1.82.